The zero-order valence-electron chi connectivity index (χ0n) is 14.7. The first-order valence-corrected chi connectivity index (χ1v) is 8.73. The van der Waals surface area contributed by atoms with Gasteiger partial charge in [0.1, 0.15) is 18.0 Å². The van der Waals surface area contributed by atoms with Gasteiger partial charge in [-0.1, -0.05) is 24.3 Å². The molecule has 0 radical (unpaired) electrons. The Hall–Kier alpha value is -2.54. The van der Waals surface area contributed by atoms with Crippen LogP contribution in [0.5, 0.6) is 0 Å². The largest absolute Gasteiger partial charge is 0.393 e. The van der Waals surface area contributed by atoms with E-state index in [1.165, 1.54) is 12.1 Å². The average Bonchev–Trinajstić information content (AvgIpc) is 3.18. The molecule has 2 N–H and O–H groups in total. The van der Waals surface area contributed by atoms with Gasteiger partial charge in [-0.05, 0) is 30.5 Å². The van der Waals surface area contributed by atoms with E-state index in [0.717, 1.165) is 17.8 Å². The number of aryl methyl sites for hydroxylation is 1. The first-order valence-electron chi connectivity index (χ1n) is 8.73. The zero-order valence-corrected chi connectivity index (χ0v) is 14.7. The molecule has 2 aromatic rings. The van der Waals surface area contributed by atoms with Crippen molar-refractivity contribution in [2.75, 3.05) is 6.54 Å². The maximum absolute atomic E-state index is 13.1. The number of halogens is 1. The van der Waals surface area contributed by atoms with Crippen LogP contribution in [0.3, 0.4) is 0 Å². The molecule has 1 amide bonds. The van der Waals surface area contributed by atoms with E-state index in [1.807, 2.05) is 11.6 Å². The van der Waals surface area contributed by atoms with E-state index < -0.39 is 6.10 Å². The van der Waals surface area contributed by atoms with E-state index in [1.54, 1.807) is 30.6 Å². The lowest BCUT2D eigenvalue weighted by molar-refractivity contribution is -0.120. The number of carbonyl (C=O) groups is 1. The van der Waals surface area contributed by atoms with Crippen LogP contribution in [0, 0.1) is 11.7 Å². The number of nitrogens with one attached hydrogen (secondary N) is 1. The van der Waals surface area contributed by atoms with Gasteiger partial charge < -0.3 is 15.0 Å². The van der Waals surface area contributed by atoms with Crippen molar-refractivity contribution in [1.82, 2.24) is 20.1 Å². The normalized spacial score (nSPS) is 22.8. The predicted octanol–water partition coefficient (Wildman–Crippen LogP) is 2.03. The highest BCUT2D eigenvalue weighted by Gasteiger charge is 2.35. The summed E-state index contributed by atoms with van der Waals surface area (Å²) in [6, 6.07) is 6.20. The number of carbonyl (C=O) groups excluding carboxylic acids is 1. The molecular weight excluding hydrogens is 335 g/mol. The Balaban J connectivity index is 1.45. The monoisotopic (exact) mass is 358 g/mol. The van der Waals surface area contributed by atoms with Gasteiger partial charge in [-0.25, -0.2) is 4.39 Å². The highest BCUT2D eigenvalue weighted by Crippen LogP contribution is 2.37. The molecule has 26 heavy (non-hydrogen) atoms. The van der Waals surface area contributed by atoms with E-state index in [9.17, 15) is 14.3 Å². The Bertz CT molecular complexity index is 789. The lowest BCUT2D eigenvalue weighted by Gasteiger charge is -2.14. The minimum atomic E-state index is -0.458. The minimum absolute atomic E-state index is 0.00727. The molecule has 0 unspecified atom stereocenters. The third kappa shape index (κ3) is 4.54. The number of benzene rings is 1. The van der Waals surface area contributed by atoms with Gasteiger partial charge in [-0.3, -0.25) is 4.79 Å². The van der Waals surface area contributed by atoms with Crippen molar-refractivity contribution >= 4 is 12.0 Å². The number of aromatic nitrogens is 3. The molecule has 1 aromatic carbocycles. The standard InChI is InChI=1S/C19H23FN4O2/c1-24-12-22-23-19(24)14-9-15(17(25)10-14)11-21-18(26)7-3-5-13-4-2-6-16(20)8-13/h2-6,8,12,14-15,17,25H,7,9-11H2,1H3,(H,21,26)/b5-3+/t14-,15+,17+/m0/s1. The highest BCUT2D eigenvalue weighted by molar-refractivity contribution is 5.78. The van der Waals surface area contributed by atoms with Gasteiger partial charge >= 0.3 is 0 Å². The van der Waals surface area contributed by atoms with Crippen molar-refractivity contribution < 1.29 is 14.3 Å². The zero-order chi connectivity index (χ0) is 18.5. The van der Waals surface area contributed by atoms with E-state index in [2.05, 4.69) is 15.5 Å². The van der Waals surface area contributed by atoms with Gasteiger partial charge in [-0.15, -0.1) is 10.2 Å². The molecule has 0 saturated heterocycles. The molecule has 1 aliphatic rings. The third-order valence-corrected chi connectivity index (χ3v) is 4.79. The Morgan fingerprint density at radius 3 is 3.04 bits per heavy atom. The van der Waals surface area contributed by atoms with Crippen molar-refractivity contribution in [3.63, 3.8) is 0 Å². The Kier molecular flexibility index (Phi) is 5.78. The van der Waals surface area contributed by atoms with Gasteiger partial charge in [0.05, 0.1) is 6.10 Å². The number of hydrogen-bond acceptors (Lipinski definition) is 4. The van der Waals surface area contributed by atoms with E-state index in [4.69, 9.17) is 0 Å². The lowest BCUT2D eigenvalue weighted by Crippen LogP contribution is -2.32. The maximum atomic E-state index is 13.1. The summed E-state index contributed by atoms with van der Waals surface area (Å²) in [5.74, 6) is 0.618. The van der Waals surface area contributed by atoms with Crippen LogP contribution in [-0.2, 0) is 11.8 Å². The molecular formula is C19H23FN4O2. The van der Waals surface area contributed by atoms with Crippen LogP contribution in [0.1, 0.15) is 36.6 Å². The second-order valence-corrected chi connectivity index (χ2v) is 6.76. The number of nitrogens with zero attached hydrogens (tertiary/aromatic N) is 3. The van der Waals surface area contributed by atoms with Crippen LogP contribution in [0.2, 0.25) is 0 Å². The van der Waals surface area contributed by atoms with Crippen LogP contribution >= 0.6 is 0 Å². The minimum Gasteiger partial charge on any atom is -0.393 e. The Labute approximate surface area is 151 Å². The number of aliphatic hydroxyl groups is 1. The Morgan fingerprint density at radius 1 is 1.46 bits per heavy atom. The molecule has 0 spiro atoms. The fraction of sp³-hybridized carbons (Fsp3) is 0.421. The first kappa shape index (κ1) is 18.3. The lowest BCUT2D eigenvalue weighted by atomic mass is 10.0. The summed E-state index contributed by atoms with van der Waals surface area (Å²) in [6.45, 7) is 0.433. The van der Waals surface area contributed by atoms with Crippen LogP contribution in [-0.4, -0.2) is 38.4 Å². The number of aliphatic hydroxyl groups excluding tert-OH is 1. The molecule has 0 aliphatic heterocycles. The summed E-state index contributed by atoms with van der Waals surface area (Å²) in [7, 11) is 1.89. The summed E-state index contributed by atoms with van der Waals surface area (Å²) in [5.41, 5.74) is 0.718. The van der Waals surface area contributed by atoms with Gasteiger partial charge in [-0.2, -0.15) is 0 Å². The van der Waals surface area contributed by atoms with Crippen LogP contribution in [0.25, 0.3) is 6.08 Å². The third-order valence-electron chi connectivity index (χ3n) is 4.79. The molecule has 1 aromatic heterocycles. The fourth-order valence-electron chi connectivity index (χ4n) is 3.42. The molecule has 1 aliphatic carbocycles. The topological polar surface area (TPSA) is 80.0 Å². The molecule has 138 valence electrons. The highest BCUT2D eigenvalue weighted by atomic mass is 19.1. The van der Waals surface area contributed by atoms with E-state index in [0.29, 0.717) is 13.0 Å². The van der Waals surface area contributed by atoms with Gasteiger partial charge in [0.2, 0.25) is 5.91 Å². The number of amides is 1. The van der Waals surface area contributed by atoms with Crippen molar-refractivity contribution in [1.29, 1.82) is 0 Å². The fourth-order valence-corrected chi connectivity index (χ4v) is 3.42. The van der Waals surface area contributed by atoms with Gasteiger partial charge in [0.15, 0.2) is 0 Å². The van der Waals surface area contributed by atoms with Gasteiger partial charge in [0.25, 0.3) is 0 Å². The molecule has 1 saturated carbocycles. The molecule has 3 rings (SSSR count). The van der Waals surface area contributed by atoms with Crippen LogP contribution < -0.4 is 5.32 Å². The van der Waals surface area contributed by atoms with Crippen molar-refractivity contribution in [2.24, 2.45) is 13.0 Å². The molecule has 6 nitrogen and oxygen atoms in total. The summed E-state index contributed by atoms with van der Waals surface area (Å²) in [5, 5.41) is 21.1. The molecule has 0 bridgehead atoms. The summed E-state index contributed by atoms with van der Waals surface area (Å²) < 4.78 is 15.0. The van der Waals surface area contributed by atoms with E-state index in [-0.39, 0.29) is 30.0 Å². The molecule has 1 fully saturated rings. The number of hydrogen-bond donors (Lipinski definition) is 2. The second-order valence-electron chi connectivity index (χ2n) is 6.76. The summed E-state index contributed by atoms with van der Waals surface area (Å²) >= 11 is 0. The van der Waals surface area contributed by atoms with Crippen molar-refractivity contribution in [2.45, 2.75) is 31.3 Å². The molecule has 3 atom stereocenters. The first-order chi connectivity index (χ1) is 12.5. The summed E-state index contributed by atoms with van der Waals surface area (Å²) in [4.78, 5) is 12.0. The van der Waals surface area contributed by atoms with E-state index >= 15 is 0 Å². The summed E-state index contributed by atoms with van der Waals surface area (Å²) in [6.07, 6.45) is 6.24. The van der Waals surface area contributed by atoms with Crippen LogP contribution in [0.15, 0.2) is 36.7 Å². The smallest absolute Gasteiger partial charge is 0.223 e. The van der Waals surface area contributed by atoms with Crippen molar-refractivity contribution in [3.8, 4) is 0 Å². The molecule has 1 heterocycles. The quantitative estimate of drug-likeness (QED) is 0.828. The Morgan fingerprint density at radius 2 is 2.31 bits per heavy atom. The van der Waals surface area contributed by atoms with Crippen LogP contribution in [0.4, 0.5) is 4.39 Å². The average molecular weight is 358 g/mol. The predicted molar refractivity (Wildman–Crippen MR) is 95.5 cm³/mol. The number of rotatable bonds is 6. The van der Waals surface area contributed by atoms with Gasteiger partial charge in [0, 0.05) is 31.8 Å². The maximum Gasteiger partial charge on any atom is 0.223 e. The SMILES string of the molecule is Cn1cnnc1[C@H]1C[C@H](CNC(=O)C/C=C/c2cccc(F)c2)[C@H](O)C1. The van der Waals surface area contributed by atoms with Crippen molar-refractivity contribution in [3.05, 3.63) is 53.9 Å². The molecule has 7 heteroatoms. The second kappa shape index (κ2) is 8.23.